The summed E-state index contributed by atoms with van der Waals surface area (Å²) in [7, 11) is 0. The number of nitrogens with zero attached hydrogens (tertiary/aromatic N) is 3. The van der Waals surface area contributed by atoms with Crippen molar-refractivity contribution in [2.24, 2.45) is 0 Å². The Balaban J connectivity index is 1.77. The molecule has 4 rings (SSSR count). The van der Waals surface area contributed by atoms with Crippen molar-refractivity contribution in [2.45, 2.75) is 26.1 Å². The minimum absolute atomic E-state index is 0.0941. The summed E-state index contributed by atoms with van der Waals surface area (Å²) in [6, 6.07) is 7.90. The zero-order chi connectivity index (χ0) is 20.9. The molecular formula is C21H17F4N3O. The third-order valence-electron chi connectivity index (χ3n) is 5.06. The van der Waals surface area contributed by atoms with Crippen molar-refractivity contribution in [1.82, 2.24) is 9.55 Å². The predicted octanol–water partition coefficient (Wildman–Crippen LogP) is 5.24. The maximum Gasteiger partial charge on any atom is 0.419 e. The number of fused-ring (bicyclic) bond motifs is 1. The first kappa shape index (κ1) is 19.2. The van der Waals surface area contributed by atoms with Crippen molar-refractivity contribution in [3.8, 4) is 11.1 Å². The second-order valence-electron chi connectivity index (χ2n) is 7.10. The summed E-state index contributed by atoms with van der Waals surface area (Å²) >= 11 is 0. The molecule has 1 aliphatic heterocycles. The number of carbonyl (C=O) groups excluding carboxylic acids is 1. The molecule has 3 heterocycles. The largest absolute Gasteiger partial charge is 0.419 e. The van der Waals surface area contributed by atoms with Gasteiger partial charge in [0.15, 0.2) is 0 Å². The Kier molecular flexibility index (Phi) is 4.44. The first-order chi connectivity index (χ1) is 13.7. The van der Waals surface area contributed by atoms with Crippen LogP contribution in [-0.2, 0) is 6.18 Å². The molecule has 4 nitrogen and oxygen atoms in total. The lowest BCUT2D eigenvalue weighted by atomic mass is 10.0. The van der Waals surface area contributed by atoms with Crippen LogP contribution in [0.1, 0.15) is 34.7 Å². The molecule has 0 saturated heterocycles. The number of anilines is 1. The lowest BCUT2D eigenvalue weighted by Gasteiger charge is -2.33. The number of aromatic nitrogens is 2. The third kappa shape index (κ3) is 3.28. The van der Waals surface area contributed by atoms with Crippen molar-refractivity contribution < 1.29 is 22.4 Å². The van der Waals surface area contributed by atoms with E-state index in [0.717, 1.165) is 23.4 Å². The maximum absolute atomic E-state index is 14.1. The van der Waals surface area contributed by atoms with E-state index in [1.165, 1.54) is 4.90 Å². The highest BCUT2D eigenvalue weighted by atomic mass is 19.4. The topological polar surface area (TPSA) is 38.1 Å². The summed E-state index contributed by atoms with van der Waals surface area (Å²) in [6.07, 6.45) is -1.33. The second kappa shape index (κ2) is 6.72. The van der Waals surface area contributed by atoms with Gasteiger partial charge in [0.25, 0.3) is 5.91 Å². The number of carbonyl (C=O) groups is 1. The molecule has 0 aliphatic carbocycles. The normalized spacial score (nSPS) is 16.8. The number of pyridine rings is 1. The zero-order valence-electron chi connectivity index (χ0n) is 15.7. The fraction of sp³-hybridized carbons (Fsp3) is 0.238. The van der Waals surface area contributed by atoms with Crippen molar-refractivity contribution >= 4 is 11.6 Å². The van der Waals surface area contributed by atoms with Crippen molar-refractivity contribution in [3.05, 3.63) is 71.6 Å². The minimum atomic E-state index is -4.79. The molecule has 1 atom stereocenters. The number of rotatable bonds is 2. The molecule has 8 heteroatoms. The molecule has 0 radical (unpaired) electrons. The lowest BCUT2D eigenvalue weighted by Crippen LogP contribution is -2.42. The van der Waals surface area contributed by atoms with Gasteiger partial charge < -0.3 is 9.47 Å². The van der Waals surface area contributed by atoms with Crippen LogP contribution in [0, 0.1) is 12.7 Å². The molecule has 0 spiro atoms. The van der Waals surface area contributed by atoms with Gasteiger partial charge in [0, 0.05) is 41.9 Å². The first-order valence-electron chi connectivity index (χ1n) is 8.99. The average Bonchev–Trinajstić information content (AvgIpc) is 3.09. The van der Waals surface area contributed by atoms with Gasteiger partial charge in [-0.2, -0.15) is 13.2 Å². The molecule has 0 bridgehead atoms. The quantitative estimate of drug-likeness (QED) is 0.549. The van der Waals surface area contributed by atoms with E-state index in [4.69, 9.17) is 0 Å². The summed E-state index contributed by atoms with van der Waals surface area (Å²) in [4.78, 5) is 18.7. The van der Waals surface area contributed by atoms with E-state index in [-0.39, 0.29) is 18.3 Å². The van der Waals surface area contributed by atoms with Crippen molar-refractivity contribution in [2.75, 3.05) is 11.4 Å². The van der Waals surface area contributed by atoms with Crippen LogP contribution in [0.2, 0.25) is 0 Å². The SMILES string of the molecule is Cc1cc(-c2ccn3c2C(=O)N(c2ccc(C(F)(F)F)c(F)c2)C[C@@H]3C)ccn1. The second-order valence-corrected chi connectivity index (χ2v) is 7.10. The summed E-state index contributed by atoms with van der Waals surface area (Å²) in [5.74, 6) is -1.79. The van der Waals surface area contributed by atoms with Gasteiger partial charge in [-0.1, -0.05) is 0 Å². The van der Waals surface area contributed by atoms with Crippen LogP contribution in [0.4, 0.5) is 23.2 Å². The fourth-order valence-electron chi connectivity index (χ4n) is 3.67. The van der Waals surface area contributed by atoms with Gasteiger partial charge in [-0.05, 0) is 55.8 Å². The summed E-state index contributed by atoms with van der Waals surface area (Å²) < 4.78 is 54.5. The fourth-order valence-corrected chi connectivity index (χ4v) is 3.67. The van der Waals surface area contributed by atoms with Crippen LogP contribution in [-0.4, -0.2) is 22.0 Å². The molecule has 29 heavy (non-hydrogen) atoms. The smallest absolute Gasteiger partial charge is 0.338 e. The van der Waals surface area contributed by atoms with Crippen LogP contribution in [0.3, 0.4) is 0 Å². The van der Waals surface area contributed by atoms with E-state index < -0.39 is 23.5 Å². The van der Waals surface area contributed by atoms with Crippen LogP contribution >= 0.6 is 0 Å². The van der Waals surface area contributed by atoms with E-state index in [1.807, 2.05) is 36.7 Å². The number of hydrogen-bond donors (Lipinski definition) is 0. The average molecular weight is 403 g/mol. The number of halogens is 4. The predicted molar refractivity (Wildman–Crippen MR) is 100 cm³/mol. The van der Waals surface area contributed by atoms with Gasteiger partial charge in [0.2, 0.25) is 0 Å². The van der Waals surface area contributed by atoms with Gasteiger partial charge in [0.05, 0.1) is 5.56 Å². The van der Waals surface area contributed by atoms with Crippen LogP contribution in [0.25, 0.3) is 11.1 Å². The van der Waals surface area contributed by atoms with Crippen molar-refractivity contribution in [1.29, 1.82) is 0 Å². The number of benzene rings is 1. The monoisotopic (exact) mass is 403 g/mol. The number of alkyl halides is 3. The molecule has 1 amide bonds. The summed E-state index contributed by atoms with van der Waals surface area (Å²) in [5, 5.41) is 0. The van der Waals surface area contributed by atoms with E-state index in [0.29, 0.717) is 17.3 Å². The number of amides is 1. The van der Waals surface area contributed by atoms with Crippen LogP contribution in [0.15, 0.2) is 48.8 Å². The van der Waals surface area contributed by atoms with Gasteiger partial charge in [0.1, 0.15) is 11.5 Å². The third-order valence-corrected chi connectivity index (χ3v) is 5.06. The Labute approximate surface area is 164 Å². The van der Waals surface area contributed by atoms with Gasteiger partial charge >= 0.3 is 6.18 Å². The number of aryl methyl sites for hydroxylation is 1. The highest BCUT2D eigenvalue weighted by Crippen LogP contribution is 2.36. The van der Waals surface area contributed by atoms with Crippen molar-refractivity contribution in [3.63, 3.8) is 0 Å². The highest BCUT2D eigenvalue weighted by molar-refractivity contribution is 6.10. The molecule has 0 fully saturated rings. The highest BCUT2D eigenvalue weighted by Gasteiger charge is 2.36. The molecule has 2 aromatic heterocycles. The first-order valence-corrected chi connectivity index (χ1v) is 8.99. The Morgan fingerprint density at radius 1 is 1.14 bits per heavy atom. The Morgan fingerprint density at radius 2 is 1.90 bits per heavy atom. The molecule has 3 aromatic rings. The molecule has 0 saturated carbocycles. The van der Waals surface area contributed by atoms with Gasteiger partial charge in [-0.15, -0.1) is 0 Å². The Morgan fingerprint density at radius 3 is 2.55 bits per heavy atom. The Bertz CT molecular complexity index is 1100. The molecule has 1 aliphatic rings. The molecule has 150 valence electrons. The van der Waals surface area contributed by atoms with Gasteiger partial charge in [-0.3, -0.25) is 9.78 Å². The van der Waals surface area contributed by atoms with E-state index in [2.05, 4.69) is 4.98 Å². The maximum atomic E-state index is 14.1. The van der Waals surface area contributed by atoms with Crippen LogP contribution in [0.5, 0.6) is 0 Å². The minimum Gasteiger partial charge on any atom is -0.338 e. The molecule has 0 N–H and O–H groups in total. The summed E-state index contributed by atoms with van der Waals surface area (Å²) in [6.45, 7) is 3.96. The summed E-state index contributed by atoms with van der Waals surface area (Å²) in [5.41, 5.74) is 1.46. The lowest BCUT2D eigenvalue weighted by molar-refractivity contribution is -0.139. The standard InChI is InChI=1S/C21H17F4N3O/c1-12-9-14(5-7-26-12)16-6-8-27-13(2)11-28(20(29)19(16)27)15-3-4-17(18(22)10-15)21(23,24)25/h3-10,13H,11H2,1-2H3/t13-/m0/s1. The molecule has 0 unspecified atom stereocenters. The Hall–Kier alpha value is -3.16. The van der Waals surface area contributed by atoms with Gasteiger partial charge in [-0.25, -0.2) is 4.39 Å². The zero-order valence-corrected chi connectivity index (χ0v) is 15.7. The molecular weight excluding hydrogens is 386 g/mol. The molecule has 1 aromatic carbocycles. The van der Waals surface area contributed by atoms with E-state index >= 15 is 0 Å². The number of hydrogen-bond acceptors (Lipinski definition) is 2. The van der Waals surface area contributed by atoms with E-state index in [1.54, 1.807) is 12.3 Å². The van der Waals surface area contributed by atoms with E-state index in [9.17, 15) is 22.4 Å². The van der Waals surface area contributed by atoms with Crippen LogP contribution < -0.4 is 4.90 Å².